The number of nitrogen functional groups attached to an aromatic ring is 1. The molecule has 0 heterocycles. The van der Waals surface area contributed by atoms with Crippen molar-refractivity contribution in [1.82, 2.24) is 5.32 Å². The van der Waals surface area contributed by atoms with E-state index < -0.39 is 0 Å². The van der Waals surface area contributed by atoms with Crippen molar-refractivity contribution >= 4 is 5.69 Å². The number of nitrogens with two attached hydrogens (primary N) is 1. The molecule has 0 amide bonds. The summed E-state index contributed by atoms with van der Waals surface area (Å²) in [4.78, 5) is 0. The molecule has 70 valence electrons. The third kappa shape index (κ3) is 2.46. The Hall–Kier alpha value is -1.02. The molecule has 0 unspecified atom stereocenters. The van der Waals surface area contributed by atoms with Crippen LogP contribution in [-0.4, -0.2) is 6.54 Å². The maximum absolute atomic E-state index is 5.81. The van der Waals surface area contributed by atoms with Crippen LogP contribution in [0.3, 0.4) is 0 Å². The molecular formula is C11H16N2. The van der Waals surface area contributed by atoms with Gasteiger partial charge in [0.1, 0.15) is 0 Å². The van der Waals surface area contributed by atoms with Gasteiger partial charge in [-0.3, -0.25) is 0 Å². The molecule has 1 aliphatic rings. The topological polar surface area (TPSA) is 38.0 Å². The summed E-state index contributed by atoms with van der Waals surface area (Å²) >= 11 is 0. The Bertz CT molecular complexity index is 279. The Labute approximate surface area is 79.1 Å². The molecular weight excluding hydrogens is 160 g/mol. The Morgan fingerprint density at radius 2 is 2.08 bits per heavy atom. The van der Waals surface area contributed by atoms with Gasteiger partial charge in [0.25, 0.3) is 0 Å². The number of nitrogens with one attached hydrogen (secondary N) is 1. The highest BCUT2D eigenvalue weighted by atomic mass is 14.9. The van der Waals surface area contributed by atoms with Crippen molar-refractivity contribution in [3.63, 3.8) is 0 Å². The van der Waals surface area contributed by atoms with E-state index in [0.29, 0.717) is 0 Å². The Kier molecular flexibility index (Phi) is 2.50. The van der Waals surface area contributed by atoms with Gasteiger partial charge < -0.3 is 11.1 Å². The zero-order valence-electron chi connectivity index (χ0n) is 7.79. The number of hydrogen-bond donors (Lipinski definition) is 2. The third-order valence-electron chi connectivity index (χ3n) is 2.50. The van der Waals surface area contributed by atoms with Gasteiger partial charge in [-0.05, 0) is 36.9 Å². The molecule has 1 fully saturated rings. The van der Waals surface area contributed by atoms with Crippen molar-refractivity contribution in [3.8, 4) is 0 Å². The average molecular weight is 176 g/mol. The fourth-order valence-corrected chi connectivity index (χ4v) is 1.43. The molecule has 1 aromatic rings. The first-order valence-electron chi connectivity index (χ1n) is 4.90. The lowest BCUT2D eigenvalue weighted by molar-refractivity contribution is 0.639. The van der Waals surface area contributed by atoms with Gasteiger partial charge in [-0.2, -0.15) is 0 Å². The van der Waals surface area contributed by atoms with Crippen LogP contribution in [-0.2, 0) is 6.54 Å². The maximum atomic E-state index is 5.81. The first kappa shape index (κ1) is 8.57. The molecule has 0 atom stereocenters. The highest BCUT2D eigenvalue weighted by Crippen LogP contribution is 2.27. The monoisotopic (exact) mass is 176 g/mol. The van der Waals surface area contributed by atoms with E-state index in [9.17, 15) is 0 Å². The second-order valence-electron chi connectivity index (χ2n) is 3.77. The second kappa shape index (κ2) is 3.79. The van der Waals surface area contributed by atoms with Crippen LogP contribution in [0, 0.1) is 5.92 Å². The summed E-state index contributed by atoms with van der Waals surface area (Å²) < 4.78 is 0. The normalized spacial score (nSPS) is 16.0. The number of para-hydroxylation sites is 1. The SMILES string of the molecule is Nc1ccccc1CNCC1CC1. The molecule has 0 bridgehead atoms. The summed E-state index contributed by atoms with van der Waals surface area (Å²) in [5, 5.41) is 3.42. The van der Waals surface area contributed by atoms with Gasteiger partial charge in [0, 0.05) is 12.2 Å². The minimum absolute atomic E-state index is 0.894. The highest BCUT2D eigenvalue weighted by Gasteiger charge is 2.20. The lowest BCUT2D eigenvalue weighted by Crippen LogP contribution is -2.16. The zero-order chi connectivity index (χ0) is 9.10. The lowest BCUT2D eigenvalue weighted by atomic mass is 10.2. The Morgan fingerprint density at radius 3 is 2.77 bits per heavy atom. The fraction of sp³-hybridized carbons (Fsp3) is 0.455. The largest absolute Gasteiger partial charge is 0.398 e. The summed E-state index contributed by atoms with van der Waals surface area (Å²) in [6.45, 7) is 2.05. The molecule has 2 rings (SSSR count). The number of anilines is 1. The molecule has 0 aliphatic heterocycles. The van der Waals surface area contributed by atoms with Crippen LogP contribution in [0.5, 0.6) is 0 Å². The highest BCUT2D eigenvalue weighted by molar-refractivity contribution is 5.46. The van der Waals surface area contributed by atoms with Crippen LogP contribution in [0.25, 0.3) is 0 Å². The summed E-state index contributed by atoms with van der Waals surface area (Å²) in [6, 6.07) is 8.04. The van der Waals surface area contributed by atoms with Crippen LogP contribution < -0.4 is 11.1 Å². The fourth-order valence-electron chi connectivity index (χ4n) is 1.43. The summed E-state index contributed by atoms with van der Waals surface area (Å²) in [6.07, 6.45) is 2.80. The van der Waals surface area contributed by atoms with Crippen molar-refractivity contribution in [2.75, 3.05) is 12.3 Å². The molecule has 0 aromatic heterocycles. The first-order chi connectivity index (χ1) is 6.36. The van der Waals surface area contributed by atoms with E-state index in [1.54, 1.807) is 0 Å². The van der Waals surface area contributed by atoms with Gasteiger partial charge in [0.15, 0.2) is 0 Å². The molecule has 0 spiro atoms. The summed E-state index contributed by atoms with van der Waals surface area (Å²) in [5.41, 5.74) is 7.92. The quantitative estimate of drug-likeness (QED) is 0.686. The van der Waals surface area contributed by atoms with Crippen LogP contribution in [0.1, 0.15) is 18.4 Å². The number of rotatable bonds is 4. The maximum Gasteiger partial charge on any atom is 0.0359 e. The van der Waals surface area contributed by atoms with Gasteiger partial charge >= 0.3 is 0 Å². The number of hydrogen-bond acceptors (Lipinski definition) is 2. The Morgan fingerprint density at radius 1 is 1.31 bits per heavy atom. The van der Waals surface area contributed by atoms with Gasteiger partial charge in [-0.25, -0.2) is 0 Å². The van der Waals surface area contributed by atoms with Crippen LogP contribution in [0.2, 0.25) is 0 Å². The van der Waals surface area contributed by atoms with E-state index in [-0.39, 0.29) is 0 Å². The summed E-state index contributed by atoms with van der Waals surface area (Å²) in [7, 11) is 0. The standard InChI is InChI=1S/C11H16N2/c12-11-4-2-1-3-10(11)8-13-7-9-5-6-9/h1-4,9,13H,5-8,12H2. The van der Waals surface area contributed by atoms with Crippen LogP contribution in [0.4, 0.5) is 5.69 Å². The molecule has 2 heteroatoms. The van der Waals surface area contributed by atoms with Crippen molar-refractivity contribution < 1.29 is 0 Å². The molecule has 1 saturated carbocycles. The molecule has 13 heavy (non-hydrogen) atoms. The minimum atomic E-state index is 0.894. The molecule has 0 radical (unpaired) electrons. The van der Waals surface area contributed by atoms with E-state index >= 15 is 0 Å². The molecule has 1 aliphatic carbocycles. The second-order valence-corrected chi connectivity index (χ2v) is 3.77. The predicted octanol–water partition coefficient (Wildman–Crippen LogP) is 1.77. The van der Waals surface area contributed by atoms with Gasteiger partial charge in [0.05, 0.1) is 0 Å². The predicted molar refractivity (Wildman–Crippen MR) is 55.3 cm³/mol. The Balaban J connectivity index is 1.82. The van der Waals surface area contributed by atoms with Crippen LogP contribution in [0.15, 0.2) is 24.3 Å². The zero-order valence-corrected chi connectivity index (χ0v) is 7.79. The van der Waals surface area contributed by atoms with Gasteiger partial charge in [-0.1, -0.05) is 18.2 Å². The van der Waals surface area contributed by atoms with Crippen molar-refractivity contribution in [3.05, 3.63) is 29.8 Å². The van der Waals surface area contributed by atoms with Gasteiger partial charge in [-0.15, -0.1) is 0 Å². The van der Waals surface area contributed by atoms with Crippen molar-refractivity contribution in [1.29, 1.82) is 0 Å². The van der Waals surface area contributed by atoms with E-state index in [4.69, 9.17) is 5.73 Å². The minimum Gasteiger partial charge on any atom is -0.398 e. The van der Waals surface area contributed by atoms with Crippen LogP contribution >= 0.6 is 0 Å². The molecule has 3 N–H and O–H groups in total. The molecule has 1 aromatic carbocycles. The van der Waals surface area contributed by atoms with E-state index in [1.165, 1.54) is 18.4 Å². The number of benzene rings is 1. The molecule has 0 saturated heterocycles. The third-order valence-corrected chi connectivity index (χ3v) is 2.50. The van der Waals surface area contributed by atoms with Crippen molar-refractivity contribution in [2.45, 2.75) is 19.4 Å². The van der Waals surface area contributed by atoms with E-state index in [0.717, 1.165) is 24.7 Å². The molecule has 2 nitrogen and oxygen atoms in total. The lowest BCUT2D eigenvalue weighted by Gasteiger charge is -2.06. The van der Waals surface area contributed by atoms with Gasteiger partial charge in [0.2, 0.25) is 0 Å². The van der Waals surface area contributed by atoms with E-state index in [1.807, 2.05) is 18.2 Å². The smallest absolute Gasteiger partial charge is 0.0359 e. The summed E-state index contributed by atoms with van der Waals surface area (Å²) in [5.74, 6) is 0.935. The van der Waals surface area contributed by atoms with Crippen molar-refractivity contribution in [2.24, 2.45) is 5.92 Å². The first-order valence-corrected chi connectivity index (χ1v) is 4.90. The van der Waals surface area contributed by atoms with E-state index in [2.05, 4.69) is 11.4 Å². The average Bonchev–Trinajstić information content (AvgIpc) is 2.92.